The third kappa shape index (κ3) is 3.84. The molecule has 1 aliphatic rings. The van der Waals surface area contributed by atoms with Crippen molar-refractivity contribution in [3.05, 3.63) is 41.8 Å². The molecule has 2 heterocycles. The van der Waals surface area contributed by atoms with Crippen molar-refractivity contribution in [2.24, 2.45) is 0 Å². The zero-order valence-electron chi connectivity index (χ0n) is 14.1. The summed E-state index contributed by atoms with van der Waals surface area (Å²) in [6.07, 6.45) is 6.39. The van der Waals surface area contributed by atoms with Gasteiger partial charge in [0.1, 0.15) is 17.4 Å². The molecule has 0 unspecified atom stereocenters. The van der Waals surface area contributed by atoms with Crippen LogP contribution in [0.1, 0.15) is 25.7 Å². The molecular formula is C18H19ClN6O. The Morgan fingerprint density at radius 3 is 2.73 bits per heavy atom. The van der Waals surface area contributed by atoms with Gasteiger partial charge in [0.2, 0.25) is 5.95 Å². The standard InChI is InChI=1S/C18H19ClN6O/c19-11-2-1-3-13(8-11)23-17-16-15(21-10-22-17)9-20-18(25-16)24-12-4-6-14(26)7-5-12/h1-3,8-10,12,14,26H,4-7H2,(H,20,24,25)(H,21,22,23). The number of anilines is 3. The van der Waals surface area contributed by atoms with Crippen LogP contribution in [0.15, 0.2) is 36.8 Å². The second-order valence-electron chi connectivity index (χ2n) is 6.43. The second-order valence-corrected chi connectivity index (χ2v) is 6.87. The van der Waals surface area contributed by atoms with E-state index < -0.39 is 0 Å². The first-order valence-electron chi connectivity index (χ1n) is 8.62. The smallest absolute Gasteiger partial charge is 0.223 e. The number of benzene rings is 1. The first-order chi connectivity index (χ1) is 12.7. The van der Waals surface area contributed by atoms with Gasteiger partial charge in [-0.3, -0.25) is 0 Å². The van der Waals surface area contributed by atoms with Crippen molar-refractivity contribution in [1.82, 2.24) is 19.9 Å². The van der Waals surface area contributed by atoms with Crippen molar-refractivity contribution >= 4 is 40.1 Å². The molecule has 3 N–H and O–H groups in total. The Balaban J connectivity index is 1.60. The van der Waals surface area contributed by atoms with E-state index in [2.05, 4.69) is 30.6 Å². The van der Waals surface area contributed by atoms with Gasteiger partial charge >= 0.3 is 0 Å². The van der Waals surface area contributed by atoms with Crippen molar-refractivity contribution in [2.45, 2.75) is 37.8 Å². The molecule has 3 aromatic rings. The fraction of sp³-hybridized carbons (Fsp3) is 0.333. The predicted molar refractivity (Wildman–Crippen MR) is 102 cm³/mol. The van der Waals surface area contributed by atoms with Gasteiger partial charge in [0.05, 0.1) is 12.3 Å². The lowest BCUT2D eigenvalue weighted by Gasteiger charge is -2.26. The van der Waals surface area contributed by atoms with Crippen LogP contribution < -0.4 is 10.6 Å². The van der Waals surface area contributed by atoms with Gasteiger partial charge in [-0.05, 0) is 43.9 Å². The van der Waals surface area contributed by atoms with Crippen LogP contribution in [-0.4, -0.2) is 37.2 Å². The topological polar surface area (TPSA) is 95.9 Å². The molecule has 0 radical (unpaired) electrons. The van der Waals surface area contributed by atoms with Crippen molar-refractivity contribution in [3.8, 4) is 0 Å². The van der Waals surface area contributed by atoms with Gasteiger partial charge in [0.25, 0.3) is 0 Å². The minimum atomic E-state index is -0.188. The Kier molecular flexibility index (Phi) is 4.81. The molecule has 134 valence electrons. The van der Waals surface area contributed by atoms with Crippen LogP contribution in [0.5, 0.6) is 0 Å². The Morgan fingerprint density at radius 2 is 1.92 bits per heavy atom. The lowest BCUT2D eigenvalue weighted by Crippen LogP contribution is -2.28. The molecule has 0 aliphatic heterocycles. The van der Waals surface area contributed by atoms with E-state index in [1.807, 2.05) is 24.3 Å². The minimum Gasteiger partial charge on any atom is -0.393 e. The van der Waals surface area contributed by atoms with Crippen LogP contribution in [0.25, 0.3) is 11.0 Å². The third-order valence-electron chi connectivity index (χ3n) is 4.49. The average Bonchev–Trinajstić information content (AvgIpc) is 2.64. The van der Waals surface area contributed by atoms with Crippen LogP contribution >= 0.6 is 11.6 Å². The van der Waals surface area contributed by atoms with E-state index in [1.54, 1.807) is 6.20 Å². The second kappa shape index (κ2) is 7.39. The molecule has 2 aromatic heterocycles. The quantitative estimate of drug-likeness (QED) is 0.646. The van der Waals surface area contributed by atoms with E-state index >= 15 is 0 Å². The molecule has 1 fully saturated rings. The summed E-state index contributed by atoms with van der Waals surface area (Å²) in [5.74, 6) is 1.14. The number of halogens is 1. The van der Waals surface area contributed by atoms with E-state index in [-0.39, 0.29) is 12.1 Å². The molecule has 7 nitrogen and oxygen atoms in total. The Hall–Kier alpha value is -2.51. The maximum atomic E-state index is 9.64. The number of fused-ring (bicyclic) bond motifs is 1. The molecule has 4 rings (SSSR count). The summed E-state index contributed by atoms with van der Waals surface area (Å²) in [5, 5.41) is 16.9. The molecular weight excluding hydrogens is 352 g/mol. The van der Waals surface area contributed by atoms with Gasteiger partial charge < -0.3 is 15.7 Å². The van der Waals surface area contributed by atoms with Crippen molar-refractivity contribution in [1.29, 1.82) is 0 Å². The van der Waals surface area contributed by atoms with Crippen LogP contribution in [0.4, 0.5) is 17.5 Å². The maximum Gasteiger partial charge on any atom is 0.223 e. The highest BCUT2D eigenvalue weighted by molar-refractivity contribution is 6.30. The van der Waals surface area contributed by atoms with Crippen LogP contribution in [0.2, 0.25) is 5.02 Å². The lowest BCUT2D eigenvalue weighted by atomic mass is 9.93. The summed E-state index contributed by atoms with van der Waals surface area (Å²) in [6, 6.07) is 7.69. The monoisotopic (exact) mass is 370 g/mol. The molecule has 1 aliphatic carbocycles. The highest BCUT2D eigenvalue weighted by Gasteiger charge is 2.20. The minimum absolute atomic E-state index is 0.188. The molecule has 0 atom stereocenters. The van der Waals surface area contributed by atoms with E-state index in [0.29, 0.717) is 27.8 Å². The van der Waals surface area contributed by atoms with Crippen molar-refractivity contribution < 1.29 is 5.11 Å². The molecule has 0 bridgehead atoms. The SMILES string of the molecule is OC1CCC(Nc2ncc3ncnc(Nc4cccc(Cl)c4)c3n2)CC1. The highest BCUT2D eigenvalue weighted by Crippen LogP contribution is 2.25. The highest BCUT2D eigenvalue weighted by atomic mass is 35.5. The first-order valence-corrected chi connectivity index (χ1v) is 9.00. The average molecular weight is 371 g/mol. The van der Waals surface area contributed by atoms with E-state index in [9.17, 15) is 5.11 Å². The van der Waals surface area contributed by atoms with Gasteiger partial charge in [-0.1, -0.05) is 17.7 Å². The molecule has 26 heavy (non-hydrogen) atoms. The van der Waals surface area contributed by atoms with Gasteiger partial charge in [0.15, 0.2) is 5.82 Å². The Morgan fingerprint density at radius 1 is 1.08 bits per heavy atom. The van der Waals surface area contributed by atoms with Crippen molar-refractivity contribution in [3.63, 3.8) is 0 Å². The number of aromatic nitrogens is 4. The summed E-state index contributed by atoms with van der Waals surface area (Å²) >= 11 is 6.05. The fourth-order valence-electron chi connectivity index (χ4n) is 3.12. The summed E-state index contributed by atoms with van der Waals surface area (Å²) in [5.41, 5.74) is 2.13. The number of hydrogen-bond acceptors (Lipinski definition) is 7. The summed E-state index contributed by atoms with van der Waals surface area (Å²) in [6.45, 7) is 0. The summed E-state index contributed by atoms with van der Waals surface area (Å²) in [7, 11) is 0. The number of nitrogens with one attached hydrogen (secondary N) is 2. The zero-order chi connectivity index (χ0) is 17.9. The number of nitrogens with zero attached hydrogens (tertiary/aromatic N) is 4. The predicted octanol–water partition coefficient (Wildman–Crippen LogP) is 3.53. The number of hydrogen-bond donors (Lipinski definition) is 3. The molecule has 1 aromatic carbocycles. The first kappa shape index (κ1) is 16.9. The number of rotatable bonds is 4. The van der Waals surface area contributed by atoms with Gasteiger partial charge in [-0.15, -0.1) is 0 Å². The molecule has 0 saturated heterocycles. The van der Waals surface area contributed by atoms with E-state index in [1.165, 1.54) is 6.33 Å². The maximum absolute atomic E-state index is 9.64. The van der Waals surface area contributed by atoms with Crippen LogP contribution in [0.3, 0.4) is 0 Å². The largest absolute Gasteiger partial charge is 0.393 e. The van der Waals surface area contributed by atoms with Crippen molar-refractivity contribution in [2.75, 3.05) is 10.6 Å². The van der Waals surface area contributed by atoms with Gasteiger partial charge in [0, 0.05) is 16.8 Å². The van der Waals surface area contributed by atoms with Gasteiger partial charge in [-0.2, -0.15) is 0 Å². The van der Waals surface area contributed by atoms with Gasteiger partial charge in [-0.25, -0.2) is 19.9 Å². The number of aliphatic hydroxyl groups excluding tert-OH is 1. The summed E-state index contributed by atoms with van der Waals surface area (Å²) in [4.78, 5) is 17.5. The van der Waals surface area contributed by atoms with Crippen LogP contribution in [-0.2, 0) is 0 Å². The fourth-order valence-corrected chi connectivity index (χ4v) is 3.31. The Bertz CT molecular complexity index is 913. The lowest BCUT2D eigenvalue weighted by molar-refractivity contribution is 0.126. The molecule has 8 heteroatoms. The summed E-state index contributed by atoms with van der Waals surface area (Å²) < 4.78 is 0. The third-order valence-corrected chi connectivity index (χ3v) is 4.73. The number of aliphatic hydroxyl groups is 1. The zero-order valence-corrected chi connectivity index (χ0v) is 14.8. The molecule has 1 saturated carbocycles. The van der Waals surface area contributed by atoms with Crippen LogP contribution in [0, 0.1) is 0 Å². The molecule has 0 spiro atoms. The Labute approximate surface area is 155 Å². The molecule has 0 amide bonds. The van der Waals surface area contributed by atoms with E-state index in [4.69, 9.17) is 11.6 Å². The normalized spacial score (nSPS) is 20.1. The van der Waals surface area contributed by atoms with E-state index in [0.717, 1.165) is 31.4 Å².